The Morgan fingerprint density at radius 2 is 2.00 bits per heavy atom. The minimum atomic E-state index is 0.588. The molecule has 3 nitrogen and oxygen atoms in total. The van der Waals surface area contributed by atoms with Crippen LogP contribution in [0.25, 0.3) is 0 Å². The normalized spacial score (nSPS) is 10.7. The molecule has 0 radical (unpaired) electrons. The standard InChI is InChI=1S/C12H15N3S/c1-9(2)11-5-3-10(4-6-11)7-13-12-14-8-15-16-12/h3-6,8-9H,7H2,1-2H3,(H,13,14,15). The van der Waals surface area contributed by atoms with Crippen molar-refractivity contribution >= 4 is 16.7 Å². The number of nitrogens with one attached hydrogen (secondary N) is 1. The van der Waals surface area contributed by atoms with Gasteiger partial charge in [-0.3, -0.25) is 0 Å². The molecule has 2 rings (SSSR count). The van der Waals surface area contributed by atoms with Crippen LogP contribution in [0.5, 0.6) is 0 Å². The molecule has 0 bridgehead atoms. The van der Waals surface area contributed by atoms with Gasteiger partial charge in [0.05, 0.1) is 0 Å². The van der Waals surface area contributed by atoms with Gasteiger partial charge < -0.3 is 5.32 Å². The first kappa shape index (κ1) is 11.1. The van der Waals surface area contributed by atoms with Crippen molar-refractivity contribution in [3.8, 4) is 0 Å². The van der Waals surface area contributed by atoms with Gasteiger partial charge in [-0.25, -0.2) is 4.98 Å². The lowest BCUT2D eigenvalue weighted by molar-refractivity contribution is 0.865. The van der Waals surface area contributed by atoms with Crippen LogP contribution >= 0.6 is 11.5 Å². The van der Waals surface area contributed by atoms with E-state index in [0.29, 0.717) is 5.92 Å². The SMILES string of the molecule is CC(C)c1ccc(CNc2ncns2)cc1. The monoisotopic (exact) mass is 233 g/mol. The van der Waals surface area contributed by atoms with Gasteiger partial charge in [-0.15, -0.1) is 0 Å². The second kappa shape index (κ2) is 5.07. The smallest absolute Gasteiger partial charge is 0.202 e. The highest BCUT2D eigenvalue weighted by Gasteiger charge is 1.99. The second-order valence-corrected chi connectivity index (χ2v) is 4.78. The van der Waals surface area contributed by atoms with Gasteiger partial charge in [0, 0.05) is 18.1 Å². The Balaban J connectivity index is 1.95. The number of nitrogens with zero attached hydrogens (tertiary/aromatic N) is 2. The summed E-state index contributed by atoms with van der Waals surface area (Å²) < 4.78 is 3.94. The third-order valence-electron chi connectivity index (χ3n) is 2.45. The number of benzene rings is 1. The number of rotatable bonds is 4. The van der Waals surface area contributed by atoms with Gasteiger partial charge in [-0.2, -0.15) is 4.37 Å². The summed E-state index contributed by atoms with van der Waals surface area (Å²) in [6, 6.07) is 8.68. The molecular weight excluding hydrogens is 218 g/mol. The molecule has 0 amide bonds. The summed E-state index contributed by atoms with van der Waals surface area (Å²) in [5, 5.41) is 4.10. The molecular formula is C12H15N3S. The molecule has 0 aliphatic rings. The maximum Gasteiger partial charge on any atom is 0.202 e. The summed E-state index contributed by atoms with van der Waals surface area (Å²) in [7, 11) is 0. The van der Waals surface area contributed by atoms with E-state index in [-0.39, 0.29) is 0 Å². The van der Waals surface area contributed by atoms with Crippen LogP contribution in [-0.2, 0) is 6.54 Å². The molecule has 0 fully saturated rings. The fourth-order valence-corrected chi connectivity index (χ4v) is 1.87. The molecule has 0 saturated carbocycles. The lowest BCUT2D eigenvalue weighted by Gasteiger charge is -2.07. The highest BCUT2D eigenvalue weighted by molar-refractivity contribution is 7.09. The van der Waals surface area contributed by atoms with E-state index in [2.05, 4.69) is 52.8 Å². The van der Waals surface area contributed by atoms with Crippen LogP contribution in [0.1, 0.15) is 30.9 Å². The van der Waals surface area contributed by atoms with E-state index in [1.807, 2.05) is 0 Å². The quantitative estimate of drug-likeness (QED) is 0.880. The molecule has 1 N–H and O–H groups in total. The lowest BCUT2D eigenvalue weighted by atomic mass is 10.0. The molecule has 0 aliphatic carbocycles. The molecule has 1 aromatic carbocycles. The third-order valence-corrected chi connectivity index (χ3v) is 3.07. The molecule has 1 aromatic heterocycles. The number of hydrogen-bond donors (Lipinski definition) is 1. The molecule has 2 aromatic rings. The van der Waals surface area contributed by atoms with Crippen molar-refractivity contribution in [3.63, 3.8) is 0 Å². The van der Waals surface area contributed by atoms with Crippen LogP contribution in [0.3, 0.4) is 0 Å². The average molecular weight is 233 g/mol. The van der Waals surface area contributed by atoms with Gasteiger partial charge in [0.15, 0.2) is 0 Å². The summed E-state index contributed by atoms with van der Waals surface area (Å²) >= 11 is 1.38. The van der Waals surface area contributed by atoms with Crippen LogP contribution in [0.4, 0.5) is 5.13 Å². The zero-order valence-electron chi connectivity index (χ0n) is 9.47. The first-order valence-electron chi connectivity index (χ1n) is 5.35. The predicted octanol–water partition coefficient (Wildman–Crippen LogP) is 3.27. The van der Waals surface area contributed by atoms with Crippen molar-refractivity contribution in [2.45, 2.75) is 26.3 Å². The van der Waals surface area contributed by atoms with E-state index in [9.17, 15) is 0 Å². The van der Waals surface area contributed by atoms with Gasteiger partial charge in [0.2, 0.25) is 5.13 Å². The van der Waals surface area contributed by atoms with E-state index in [1.165, 1.54) is 22.7 Å². The highest BCUT2D eigenvalue weighted by Crippen LogP contribution is 2.15. The molecule has 16 heavy (non-hydrogen) atoms. The second-order valence-electron chi connectivity index (χ2n) is 4.00. The number of hydrogen-bond acceptors (Lipinski definition) is 4. The summed E-state index contributed by atoms with van der Waals surface area (Å²) in [6.45, 7) is 5.20. The van der Waals surface area contributed by atoms with Gasteiger partial charge in [0.1, 0.15) is 6.33 Å². The fraction of sp³-hybridized carbons (Fsp3) is 0.333. The van der Waals surface area contributed by atoms with Crippen molar-refractivity contribution in [2.24, 2.45) is 0 Å². The van der Waals surface area contributed by atoms with Gasteiger partial charge in [0.25, 0.3) is 0 Å². The van der Waals surface area contributed by atoms with Gasteiger partial charge in [-0.05, 0) is 17.0 Å². The zero-order chi connectivity index (χ0) is 11.4. The number of aromatic nitrogens is 2. The minimum Gasteiger partial charge on any atom is -0.356 e. The van der Waals surface area contributed by atoms with E-state index in [0.717, 1.165) is 11.7 Å². The summed E-state index contributed by atoms with van der Waals surface area (Å²) in [5.41, 5.74) is 2.64. The van der Waals surface area contributed by atoms with E-state index < -0.39 is 0 Å². The zero-order valence-corrected chi connectivity index (χ0v) is 10.3. The Morgan fingerprint density at radius 1 is 1.25 bits per heavy atom. The van der Waals surface area contributed by atoms with Gasteiger partial charge in [-0.1, -0.05) is 38.1 Å². The minimum absolute atomic E-state index is 0.588. The van der Waals surface area contributed by atoms with Gasteiger partial charge >= 0.3 is 0 Å². The Morgan fingerprint density at radius 3 is 2.56 bits per heavy atom. The molecule has 0 spiro atoms. The van der Waals surface area contributed by atoms with Crippen LogP contribution in [0.2, 0.25) is 0 Å². The lowest BCUT2D eigenvalue weighted by Crippen LogP contribution is -1.99. The molecule has 0 aliphatic heterocycles. The Bertz CT molecular complexity index is 420. The molecule has 4 heteroatoms. The highest BCUT2D eigenvalue weighted by atomic mass is 32.1. The van der Waals surface area contributed by atoms with Crippen molar-refractivity contribution < 1.29 is 0 Å². The number of anilines is 1. The summed E-state index contributed by atoms with van der Waals surface area (Å²) in [6.07, 6.45) is 1.56. The largest absolute Gasteiger partial charge is 0.356 e. The van der Waals surface area contributed by atoms with E-state index in [4.69, 9.17) is 0 Å². The van der Waals surface area contributed by atoms with E-state index >= 15 is 0 Å². The summed E-state index contributed by atoms with van der Waals surface area (Å²) in [4.78, 5) is 4.07. The first-order chi connectivity index (χ1) is 7.75. The topological polar surface area (TPSA) is 37.8 Å². The predicted molar refractivity (Wildman–Crippen MR) is 67.8 cm³/mol. The molecule has 0 unspecified atom stereocenters. The van der Waals surface area contributed by atoms with Crippen molar-refractivity contribution in [3.05, 3.63) is 41.7 Å². The molecule has 0 saturated heterocycles. The van der Waals surface area contributed by atoms with Crippen molar-refractivity contribution in [1.82, 2.24) is 9.36 Å². The van der Waals surface area contributed by atoms with Crippen molar-refractivity contribution in [1.29, 1.82) is 0 Å². The molecule has 1 heterocycles. The van der Waals surface area contributed by atoms with Crippen LogP contribution in [-0.4, -0.2) is 9.36 Å². The summed E-state index contributed by atoms with van der Waals surface area (Å²) in [5.74, 6) is 0.588. The van der Waals surface area contributed by atoms with E-state index in [1.54, 1.807) is 6.33 Å². The fourth-order valence-electron chi connectivity index (χ4n) is 1.45. The van der Waals surface area contributed by atoms with Crippen LogP contribution < -0.4 is 5.32 Å². The maximum absolute atomic E-state index is 4.07. The Kier molecular flexibility index (Phi) is 3.51. The third kappa shape index (κ3) is 2.79. The first-order valence-corrected chi connectivity index (χ1v) is 6.12. The Labute approximate surface area is 99.7 Å². The maximum atomic E-state index is 4.07. The van der Waals surface area contributed by atoms with Crippen molar-refractivity contribution in [2.75, 3.05) is 5.32 Å². The Hall–Kier alpha value is -1.42. The average Bonchev–Trinajstić information content (AvgIpc) is 2.80. The molecule has 84 valence electrons. The van der Waals surface area contributed by atoms with Crippen LogP contribution in [0.15, 0.2) is 30.6 Å². The van der Waals surface area contributed by atoms with Crippen LogP contribution in [0, 0.1) is 0 Å². The molecule has 0 atom stereocenters.